The molecule has 4 nitrogen and oxygen atoms in total. The standard InChI is InChI=1S/C15H21ClN2O2/c1-10(2)13(9-17-11(3)4)7-12-8-14(18(19)20)5-6-15(12)16/h5-8,10-11,17H,9H2,1-4H3. The molecule has 0 aliphatic heterocycles. The number of non-ortho nitro benzene ring substituents is 1. The van der Waals surface area contributed by atoms with Crippen molar-refractivity contribution in [3.8, 4) is 0 Å². The summed E-state index contributed by atoms with van der Waals surface area (Å²) in [7, 11) is 0. The molecule has 1 rings (SSSR count). The Hall–Kier alpha value is -1.39. The maximum atomic E-state index is 10.8. The molecular formula is C15H21ClN2O2. The van der Waals surface area contributed by atoms with Gasteiger partial charge < -0.3 is 5.32 Å². The fraction of sp³-hybridized carbons (Fsp3) is 0.467. The maximum absolute atomic E-state index is 10.8. The average Bonchev–Trinajstić information content (AvgIpc) is 2.35. The van der Waals surface area contributed by atoms with Crippen LogP contribution in [0.3, 0.4) is 0 Å². The molecule has 0 amide bonds. The van der Waals surface area contributed by atoms with Crippen molar-refractivity contribution in [1.29, 1.82) is 0 Å². The van der Waals surface area contributed by atoms with E-state index in [0.29, 0.717) is 22.5 Å². The lowest BCUT2D eigenvalue weighted by Crippen LogP contribution is -2.26. The van der Waals surface area contributed by atoms with Crippen molar-refractivity contribution >= 4 is 23.4 Å². The lowest BCUT2D eigenvalue weighted by molar-refractivity contribution is -0.384. The van der Waals surface area contributed by atoms with Gasteiger partial charge in [0, 0.05) is 29.7 Å². The molecule has 0 radical (unpaired) electrons. The number of nitro benzene ring substituents is 1. The smallest absolute Gasteiger partial charge is 0.270 e. The van der Waals surface area contributed by atoms with Crippen molar-refractivity contribution in [3.05, 3.63) is 44.5 Å². The normalized spacial score (nSPS) is 12.2. The average molecular weight is 297 g/mol. The number of nitrogens with one attached hydrogen (secondary N) is 1. The first-order chi connectivity index (χ1) is 9.31. The number of nitrogens with zero attached hydrogens (tertiary/aromatic N) is 1. The molecule has 0 saturated heterocycles. The summed E-state index contributed by atoms with van der Waals surface area (Å²) in [5.74, 6) is 0.344. The van der Waals surface area contributed by atoms with Gasteiger partial charge in [0.2, 0.25) is 0 Å². The van der Waals surface area contributed by atoms with Gasteiger partial charge in [0.25, 0.3) is 5.69 Å². The number of rotatable bonds is 6. The van der Waals surface area contributed by atoms with E-state index in [4.69, 9.17) is 11.6 Å². The molecule has 0 bridgehead atoms. The molecule has 5 heteroatoms. The van der Waals surface area contributed by atoms with Crippen LogP contribution in [0.4, 0.5) is 5.69 Å². The van der Waals surface area contributed by atoms with Gasteiger partial charge in [0.1, 0.15) is 0 Å². The van der Waals surface area contributed by atoms with Gasteiger partial charge in [-0.3, -0.25) is 10.1 Å². The van der Waals surface area contributed by atoms with E-state index in [-0.39, 0.29) is 5.69 Å². The van der Waals surface area contributed by atoms with Crippen LogP contribution in [0.5, 0.6) is 0 Å². The monoisotopic (exact) mass is 296 g/mol. The predicted molar refractivity (Wildman–Crippen MR) is 84.1 cm³/mol. The van der Waals surface area contributed by atoms with Gasteiger partial charge in [-0.1, -0.05) is 50.9 Å². The third-order valence-electron chi connectivity index (χ3n) is 2.99. The largest absolute Gasteiger partial charge is 0.311 e. The molecule has 1 aromatic carbocycles. The lowest BCUT2D eigenvalue weighted by atomic mass is 9.99. The highest BCUT2D eigenvalue weighted by Crippen LogP contribution is 2.25. The topological polar surface area (TPSA) is 55.2 Å². The fourth-order valence-electron chi connectivity index (χ4n) is 1.70. The van der Waals surface area contributed by atoms with Crippen molar-refractivity contribution in [3.63, 3.8) is 0 Å². The molecule has 1 N–H and O–H groups in total. The van der Waals surface area contributed by atoms with Gasteiger partial charge in [0.15, 0.2) is 0 Å². The van der Waals surface area contributed by atoms with E-state index in [2.05, 4.69) is 33.0 Å². The van der Waals surface area contributed by atoms with E-state index in [1.165, 1.54) is 17.7 Å². The van der Waals surface area contributed by atoms with Crippen LogP contribution in [0.15, 0.2) is 23.8 Å². The highest BCUT2D eigenvalue weighted by atomic mass is 35.5. The summed E-state index contributed by atoms with van der Waals surface area (Å²) >= 11 is 6.12. The molecule has 0 heterocycles. The highest BCUT2D eigenvalue weighted by molar-refractivity contribution is 6.32. The van der Waals surface area contributed by atoms with Crippen molar-refractivity contribution in [2.24, 2.45) is 5.92 Å². The second-order valence-corrected chi connectivity index (χ2v) is 5.78. The Labute approximate surface area is 125 Å². The molecule has 0 saturated carbocycles. The molecule has 20 heavy (non-hydrogen) atoms. The summed E-state index contributed by atoms with van der Waals surface area (Å²) in [6.07, 6.45) is 1.94. The van der Waals surface area contributed by atoms with Crippen molar-refractivity contribution in [2.45, 2.75) is 33.7 Å². The van der Waals surface area contributed by atoms with Gasteiger partial charge in [-0.25, -0.2) is 0 Å². The number of halogens is 1. The van der Waals surface area contributed by atoms with E-state index in [9.17, 15) is 10.1 Å². The molecule has 110 valence electrons. The molecule has 0 atom stereocenters. The molecule has 0 aliphatic carbocycles. The van der Waals surface area contributed by atoms with Crippen LogP contribution in [0.2, 0.25) is 5.02 Å². The Bertz CT molecular complexity index is 511. The van der Waals surface area contributed by atoms with Crippen LogP contribution >= 0.6 is 11.6 Å². The van der Waals surface area contributed by atoms with Crippen molar-refractivity contribution < 1.29 is 4.92 Å². The third kappa shape index (κ3) is 4.94. The van der Waals surface area contributed by atoms with E-state index in [0.717, 1.165) is 6.54 Å². The molecule has 0 fully saturated rings. The number of hydrogen-bond donors (Lipinski definition) is 1. The van der Waals surface area contributed by atoms with E-state index >= 15 is 0 Å². The van der Waals surface area contributed by atoms with Gasteiger partial charge in [-0.05, 0) is 17.5 Å². The quantitative estimate of drug-likeness (QED) is 0.629. The second-order valence-electron chi connectivity index (χ2n) is 5.37. The van der Waals surface area contributed by atoms with Gasteiger partial charge in [0.05, 0.1) is 4.92 Å². The number of benzene rings is 1. The van der Waals surface area contributed by atoms with Crippen LogP contribution < -0.4 is 5.32 Å². The maximum Gasteiger partial charge on any atom is 0.270 e. The fourth-order valence-corrected chi connectivity index (χ4v) is 1.87. The van der Waals surface area contributed by atoms with Crippen molar-refractivity contribution in [2.75, 3.05) is 6.54 Å². The third-order valence-corrected chi connectivity index (χ3v) is 3.33. The SMILES string of the molecule is CC(C)NCC(=Cc1cc([N+](=O)[O-])ccc1Cl)C(C)C. The minimum absolute atomic E-state index is 0.0561. The minimum Gasteiger partial charge on any atom is -0.311 e. The Morgan fingerprint density at radius 3 is 2.55 bits per heavy atom. The Morgan fingerprint density at radius 2 is 2.05 bits per heavy atom. The Morgan fingerprint density at radius 1 is 1.40 bits per heavy atom. The van der Waals surface area contributed by atoms with E-state index in [1.807, 2.05) is 6.08 Å². The molecule has 1 aromatic rings. The highest BCUT2D eigenvalue weighted by Gasteiger charge is 2.10. The van der Waals surface area contributed by atoms with Crippen LogP contribution in [0.25, 0.3) is 6.08 Å². The van der Waals surface area contributed by atoms with Gasteiger partial charge >= 0.3 is 0 Å². The minimum atomic E-state index is -0.408. The van der Waals surface area contributed by atoms with E-state index < -0.39 is 4.92 Å². The predicted octanol–water partition coefficient (Wildman–Crippen LogP) is 4.29. The summed E-state index contributed by atoms with van der Waals surface area (Å²) < 4.78 is 0. The van der Waals surface area contributed by atoms with Crippen LogP contribution in [0.1, 0.15) is 33.3 Å². The number of hydrogen-bond acceptors (Lipinski definition) is 3. The summed E-state index contributed by atoms with van der Waals surface area (Å²) in [4.78, 5) is 10.4. The zero-order chi connectivity index (χ0) is 15.3. The number of nitro groups is 1. The molecular weight excluding hydrogens is 276 g/mol. The zero-order valence-electron chi connectivity index (χ0n) is 12.3. The summed E-state index contributed by atoms with van der Waals surface area (Å²) in [6, 6.07) is 4.89. The summed E-state index contributed by atoms with van der Waals surface area (Å²) in [5, 5.41) is 14.7. The van der Waals surface area contributed by atoms with Crippen LogP contribution in [-0.2, 0) is 0 Å². The first-order valence-electron chi connectivity index (χ1n) is 6.69. The first-order valence-corrected chi connectivity index (χ1v) is 7.06. The van der Waals surface area contributed by atoms with Gasteiger partial charge in [-0.15, -0.1) is 0 Å². The van der Waals surface area contributed by atoms with Crippen LogP contribution in [0, 0.1) is 16.0 Å². The van der Waals surface area contributed by atoms with Crippen LogP contribution in [-0.4, -0.2) is 17.5 Å². The summed E-state index contributed by atoms with van der Waals surface area (Å²) in [6.45, 7) is 9.10. The second kappa shape index (κ2) is 7.41. The van der Waals surface area contributed by atoms with Crippen molar-refractivity contribution in [1.82, 2.24) is 5.32 Å². The lowest BCUT2D eigenvalue weighted by Gasteiger charge is -2.15. The van der Waals surface area contributed by atoms with Gasteiger partial charge in [-0.2, -0.15) is 0 Å². The molecule has 0 aromatic heterocycles. The zero-order valence-corrected chi connectivity index (χ0v) is 13.1. The van der Waals surface area contributed by atoms with E-state index in [1.54, 1.807) is 6.07 Å². The first kappa shape index (κ1) is 16.7. The summed E-state index contributed by atoms with van der Waals surface area (Å²) in [5.41, 5.74) is 1.91. The molecule has 0 aliphatic rings. The Kier molecular flexibility index (Phi) is 6.17. The molecule has 0 spiro atoms. The Balaban J connectivity index is 3.09. The molecule has 0 unspecified atom stereocenters.